The van der Waals surface area contributed by atoms with Gasteiger partial charge in [-0.05, 0) is 24.4 Å². The summed E-state index contributed by atoms with van der Waals surface area (Å²) in [6, 6.07) is 11.1. The van der Waals surface area contributed by atoms with Crippen LogP contribution in [0.3, 0.4) is 0 Å². The number of thiocarbonyl (C=S) groups is 1. The zero-order valence-electron chi connectivity index (χ0n) is 13.4. The maximum absolute atomic E-state index is 5.56. The van der Waals surface area contributed by atoms with Crippen LogP contribution >= 0.6 is 12.2 Å². The van der Waals surface area contributed by atoms with Gasteiger partial charge in [0, 0.05) is 35.6 Å². The summed E-state index contributed by atoms with van der Waals surface area (Å²) in [6.45, 7) is 1.11. The fraction of sp³-hybridized carbons (Fsp3) is 0.235. The Kier molecular flexibility index (Phi) is 4.90. The second-order valence-corrected chi connectivity index (χ2v) is 5.45. The first-order chi connectivity index (χ1) is 11.7. The van der Waals surface area contributed by atoms with Crippen molar-refractivity contribution in [3.63, 3.8) is 0 Å². The van der Waals surface area contributed by atoms with Crippen LogP contribution < -0.4 is 29.6 Å². The van der Waals surface area contributed by atoms with E-state index >= 15 is 0 Å². The van der Waals surface area contributed by atoms with E-state index in [-0.39, 0.29) is 0 Å². The van der Waals surface area contributed by atoms with Gasteiger partial charge in [-0.25, -0.2) is 0 Å². The Balaban J connectivity index is 1.69. The first-order valence-electron chi connectivity index (χ1n) is 7.38. The highest BCUT2D eigenvalue weighted by molar-refractivity contribution is 7.80. The Labute approximate surface area is 145 Å². The molecule has 3 rings (SSSR count). The molecule has 1 aliphatic rings. The van der Waals surface area contributed by atoms with Crippen LogP contribution in [0.5, 0.6) is 23.0 Å². The third-order valence-electron chi connectivity index (χ3n) is 3.41. The van der Waals surface area contributed by atoms with Crippen molar-refractivity contribution in [2.24, 2.45) is 0 Å². The molecule has 24 heavy (non-hydrogen) atoms. The molecule has 0 bridgehead atoms. The molecule has 0 amide bonds. The van der Waals surface area contributed by atoms with E-state index in [1.165, 1.54) is 0 Å². The van der Waals surface area contributed by atoms with Gasteiger partial charge in [0.1, 0.15) is 24.7 Å². The summed E-state index contributed by atoms with van der Waals surface area (Å²) in [5.74, 6) is 2.80. The molecule has 2 aromatic rings. The average molecular weight is 346 g/mol. The highest BCUT2D eigenvalue weighted by Crippen LogP contribution is 2.32. The van der Waals surface area contributed by atoms with E-state index in [4.69, 9.17) is 31.2 Å². The van der Waals surface area contributed by atoms with Crippen LogP contribution in [0.2, 0.25) is 0 Å². The highest BCUT2D eigenvalue weighted by Gasteiger charge is 2.12. The Morgan fingerprint density at radius 3 is 2.17 bits per heavy atom. The molecule has 0 saturated heterocycles. The van der Waals surface area contributed by atoms with Crippen LogP contribution in [0.1, 0.15) is 0 Å². The minimum absolute atomic E-state index is 0.446. The van der Waals surface area contributed by atoms with E-state index in [9.17, 15) is 0 Å². The predicted molar refractivity (Wildman–Crippen MR) is 96.8 cm³/mol. The Hall–Kier alpha value is -2.67. The summed E-state index contributed by atoms with van der Waals surface area (Å²) < 4.78 is 21.6. The summed E-state index contributed by atoms with van der Waals surface area (Å²) in [5.41, 5.74) is 1.58. The average Bonchev–Trinajstić information content (AvgIpc) is 2.61. The van der Waals surface area contributed by atoms with Gasteiger partial charge in [-0.3, -0.25) is 0 Å². The van der Waals surface area contributed by atoms with Gasteiger partial charge >= 0.3 is 0 Å². The fourth-order valence-corrected chi connectivity index (χ4v) is 2.53. The van der Waals surface area contributed by atoms with Gasteiger partial charge in [-0.2, -0.15) is 0 Å². The molecule has 1 heterocycles. The quantitative estimate of drug-likeness (QED) is 0.824. The van der Waals surface area contributed by atoms with Crippen molar-refractivity contribution < 1.29 is 18.9 Å². The number of anilines is 2. The summed E-state index contributed by atoms with van der Waals surface area (Å²) >= 11 is 5.36. The lowest BCUT2D eigenvalue weighted by atomic mass is 10.2. The number of benzene rings is 2. The molecule has 0 saturated carbocycles. The largest absolute Gasteiger partial charge is 0.497 e. The Morgan fingerprint density at radius 1 is 0.875 bits per heavy atom. The van der Waals surface area contributed by atoms with Gasteiger partial charge in [0.25, 0.3) is 0 Å². The van der Waals surface area contributed by atoms with E-state index < -0.39 is 0 Å². The van der Waals surface area contributed by atoms with E-state index in [1.807, 2.05) is 30.3 Å². The third kappa shape index (κ3) is 3.80. The van der Waals surface area contributed by atoms with Gasteiger partial charge in [-0.1, -0.05) is 0 Å². The summed E-state index contributed by atoms with van der Waals surface area (Å²) in [4.78, 5) is 0. The molecule has 0 fully saturated rings. The number of hydrogen-bond donors (Lipinski definition) is 2. The predicted octanol–water partition coefficient (Wildman–Crippen LogP) is 3.28. The minimum Gasteiger partial charge on any atom is -0.497 e. The molecule has 0 aliphatic carbocycles. The number of methoxy groups -OCH3 is 2. The topological polar surface area (TPSA) is 61.0 Å². The SMILES string of the molecule is COc1cc(NC(=S)Nc2ccc3c(c2)OCCO3)cc(OC)c1. The van der Waals surface area contributed by atoms with Gasteiger partial charge in [0.05, 0.1) is 14.2 Å². The van der Waals surface area contributed by atoms with E-state index in [0.29, 0.717) is 35.6 Å². The first-order valence-corrected chi connectivity index (χ1v) is 7.79. The van der Waals surface area contributed by atoms with Crippen LogP contribution in [0, 0.1) is 0 Å². The molecule has 0 atom stereocenters. The van der Waals surface area contributed by atoms with Gasteiger partial charge in [0.2, 0.25) is 0 Å². The number of ether oxygens (including phenoxy) is 4. The summed E-state index contributed by atoms with van der Waals surface area (Å²) in [7, 11) is 3.20. The van der Waals surface area contributed by atoms with Crippen LogP contribution in [-0.4, -0.2) is 32.5 Å². The normalized spacial score (nSPS) is 12.2. The standard InChI is InChI=1S/C17H18N2O4S/c1-20-13-7-12(8-14(10-13)21-2)19-17(24)18-11-3-4-15-16(9-11)23-6-5-22-15/h3-4,7-10H,5-6H2,1-2H3,(H2,18,19,24). The van der Waals surface area contributed by atoms with Crippen molar-refractivity contribution in [1.29, 1.82) is 0 Å². The van der Waals surface area contributed by atoms with Gasteiger partial charge in [-0.15, -0.1) is 0 Å². The van der Waals surface area contributed by atoms with Gasteiger partial charge in [0.15, 0.2) is 16.6 Å². The molecule has 0 spiro atoms. The summed E-state index contributed by atoms with van der Waals surface area (Å²) in [6.07, 6.45) is 0. The second kappa shape index (κ2) is 7.27. The highest BCUT2D eigenvalue weighted by atomic mass is 32.1. The molecule has 2 N–H and O–H groups in total. The smallest absolute Gasteiger partial charge is 0.175 e. The summed E-state index contributed by atoms with van der Waals surface area (Å²) in [5, 5.41) is 6.67. The maximum Gasteiger partial charge on any atom is 0.175 e. The molecular formula is C17H18N2O4S. The van der Waals surface area contributed by atoms with Crippen molar-refractivity contribution in [3.8, 4) is 23.0 Å². The van der Waals surface area contributed by atoms with Crippen LogP contribution in [0.25, 0.3) is 0 Å². The molecule has 2 aromatic carbocycles. The molecular weight excluding hydrogens is 328 g/mol. The Morgan fingerprint density at radius 2 is 1.50 bits per heavy atom. The van der Waals surface area contributed by atoms with Crippen LogP contribution in [0.4, 0.5) is 11.4 Å². The monoisotopic (exact) mass is 346 g/mol. The zero-order valence-corrected chi connectivity index (χ0v) is 14.2. The van der Waals surface area contributed by atoms with E-state index in [2.05, 4.69) is 10.6 Å². The molecule has 7 heteroatoms. The number of hydrogen-bond acceptors (Lipinski definition) is 5. The third-order valence-corrected chi connectivity index (χ3v) is 3.61. The molecule has 0 unspecified atom stereocenters. The van der Waals surface area contributed by atoms with Crippen molar-refractivity contribution in [2.75, 3.05) is 38.1 Å². The Bertz CT molecular complexity index is 729. The molecule has 0 aromatic heterocycles. The number of rotatable bonds is 4. The minimum atomic E-state index is 0.446. The first kappa shape index (κ1) is 16.2. The van der Waals surface area contributed by atoms with Crippen molar-refractivity contribution >= 4 is 28.7 Å². The number of fused-ring (bicyclic) bond motifs is 1. The zero-order chi connectivity index (χ0) is 16.9. The van der Waals surface area contributed by atoms with Crippen molar-refractivity contribution in [1.82, 2.24) is 0 Å². The van der Waals surface area contributed by atoms with E-state index in [1.54, 1.807) is 20.3 Å². The molecule has 126 valence electrons. The lowest BCUT2D eigenvalue weighted by Gasteiger charge is -2.19. The molecule has 1 aliphatic heterocycles. The lowest BCUT2D eigenvalue weighted by molar-refractivity contribution is 0.171. The van der Waals surface area contributed by atoms with E-state index in [0.717, 1.165) is 17.1 Å². The fourth-order valence-electron chi connectivity index (χ4n) is 2.29. The van der Waals surface area contributed by atoms with Crippen molar-refractivity contribution in [2.45, 2.75) is 0 Å². The van der Waals surface area contributed by atoms with Crippen LogP contribution in [0.15, 0.2) is 36.4 Å². The lowest BCUT2D eigenvalue weighted by Crippen LogP contribution is -2.20. The second-order valence-electron chi connectivity index (χ2n) is 5.04. The molecule has 0 radical (unpaired) electrons. The molecule has 6 nitrogen and oxygen atoms in total. The van der Waals surface area contributed by atoms with Crippen molar-refractivity contribution in [3.05, 3.63) is 36.4 Å². The maximum atomic E-state index is 5.56. The number of nitrogens with one attached hydrogen (secondary N) is 2. The van der Waals surface area contributed by atoms with Crippen LogP contribution in [-0.2, 0) is 0 Å². The van der Waals surface area contributed by atoms with Gasteiger partial charge < -0.3 is 29.6 Å².